The van der Waals surface area contributed by atoms with Gasteiger partial charge in [0.25, 0.3) is 5.91 Å². The average molecular weight is 313 g/mol. The van der Waals surface area contributed by atoms with Crippen LogP contribution in [0.5, 0.6) is 0 Å². The van der Waals surface area contributed by atoms with Crippen LogP contribution in [-0.4, -0.2) is 15.9 Å². The summed E-state index contributed by atoms with van der Waals surface area (Å²) in [5.41, 5.74) is 1.05. The Kier molecular flexibility index (Phi) is 3.71. The summed E-state index contributed by atoms with van der Waals surface area (Å²) in [4.78, 5) is 19.5. The van der Waals surface area contributed by atoms with Crippen LogP contribution in [0, 0.1) is 0 Å². The molecule has 0 saturated heterocycles. The van der Waals surface area contributed by atoms with Crippen molar-refractivity contribution in [2.45, 2.75) is 0 Å². The van der Waals surface area contributed by atoms with E-state index < -0.39 is 0 Å². The van der Waals surface area contributed by atoms with Gasteiger partial charge >= 0.3 is 0 Å². The summed E-state index contributed by atoms with van der Waals surface area (Å²) < 4.78 is 0.677. The van der Waals surface area contributed by atoms with Crippen molar-refractivity contribution >= 4 is 39.1 Å². The highest BCUT2D eigenvalue weighted by atomic mass is 79.9. The number of aromatic nitrogens is 2. The van der Waals surface area contributed by atoms with E-state index in [1.807, 2.05) is 0 Å². The van der Waals surface area contributed by atoms with Crippen LogP contribution >= 0.6 is 27.5 Å². The van der Waals surface area contributed by atoms with E-state index >= 15 is 0 Å². The second-order valence-electron chi connectivity index (χ2n) is 3.21. The van der Waals surface area contributed by atoms with Gasteiger partial charge in [-0.3, -0.25) is 4.79 Å². The van der Waals surface area contributed by atoms with Crippen LogP contribution in [0.2, 0.25) is 5.02 Å². The highest BCUT2D eigenvalue weighted by Crippen LogP contribution is 2.23. The number of nitrogens with zero attached hydrogens (tertiary/aromatic N) is 2. The van der Waals surface area contributed by atoms with E-state index in [4.69, 9.17) is 11.6 Å². The molecule has 4 nitrogen and oxygen atoms in total. The normalized spacial score (nSPS) is 10.0. The van der Waals surface area contributed by atoms with Gasteiger partial charge in [0.05, 0.1) is 23.1 Å². The molecular formula is C11H7BrClN3O. The molecule has 6 heteroatoms. The molecule has 0 atom stereocenters. The molecule has 0 radical (unpaired) electrons. The lowest BCUT2D eigenvalue weighted by atomic mass is 10.2. The number of carbonyl (C=O) groups excluding carboxylic acids is 1. The largest absolute Gasteiger partial charge is 0.319 e. The molecule has 1 aromatic heterocycles. The van der Waals surface area contributed by atoms with Crippen molar-refractivity contribution in [3.8, 4) is 0 Å². The van der Waals surface area contributed by atoms with Crippen molar-refractivity contribution in [1.29, 1.82) is 0 Å². The molecule has 1 aromatic carbocycles. The van der Waals surface area contributed by atoms with Crippen molar-refractivity contribution in [3.05, 3.63) is 52.0 Å². The van der Waals surface area contributed by atoms with E-state index in [0.717, 1.165) is 0 Å². The van der Waals surface area contributed by atoms with Gasteiger partial charge in [-0.1, -0.05) is 11.6 Å². The summed E-state index contributed by atoms with van der Waals surface area (Å²) in [7, 11) is 0. The lowest BCUT2D eigenvalue weighted by Crippen LogP contribution is -2.12. The number of rotatable bonds is 2. The Labute approximate surface area is 111 Å². The van der Waals surface area contributed by atoms with Crippen LogP contribution < -0.4 is 5.32 Å². The van der Waals surface area contributed by atoms with Crippen LogP contribution in [0.25, 0.3) is 0 Å². The first kappa shape index (κ1) is 12.0. The second-order valence-corrected chi connectivity index (χ2v) is 4.47. The molecule has 0 aliphatic rings. The zero-order chi connectivity index (χ0) is 12.3. The van der Waals surface area contributed by atoms with Crippen molar-refractivity contribution < 1.29 is 4.79 Å². The van der Waals surface area contributed by atoms with Gasteiger partial charge in [-0.25, -0.2) is 9.97 Å². The molecule has 86 valence electrons. The Bertz CT molecular complexity index is 548. The van der Waals surface area contributed by atoms with Crippen LogP contribution in [0.1, 0.15) is 10.4 Å². The number of carbonyl (C=O) groups is 1. The fourth-order valence-electron chi connectivity index (χ4n) is 1.20. The third-order valence-electron chi connectivity index (χ3n) is 2.00. The molecule has 0 aliphatic carbocycles. The molecule has 0 spiro atoms. The first-order valence-electron chi connectivity index (χ1n) is 4.68. The quantitative estimate of drug-likeness (QED) is 0.927. The highest BCUT2D eigenvalue weighted by molar-refractivity contribution is 9.10. The average Bonchev–Trinajstić information content (AvgIpc) is 2.34. The minimum atomic E-state index is -0.239. The summed E-state index contributed by atoms with van der Waals surface area (Å²) in [5.74, 6) is -0.239. The Hall–Kier alpha value is -1.46. The van der Waals surface area contributed by atoms with Crippen molar-refractivity contribution in [2.24, 2.45) is 0 Å². The van der Waals surface area contributed by atoms with Gasteiger partial charge < -0.3 is 5.32 Å². The molecule has 17 heavy (non-hydrogen) atoms. The lowest BCUT2D eigenvalue weighted by Gasteiger charge is -2.05. The maximum atomic E-state index is 11.8. The van der Waals surface area contributed by atoms with Gasteiger partial charge in [-0.2, -0.15) is 0 Å². The Balaban J connectivity index is 2.18. The Morgan fingerprint density at radius 3 is 2.65 bits per heavy atom. The number of amides is 1. The van der Waals surface area contributed by atoms with E-state index in [0.29, 0.717) is 20.7 Å². The molecule has 2 rings (SSSR count). The summed E-state index contributed by atoms with van der Waals surface area (Å²) in [6.07, 6.45) is 4.44. The molecule has 0 fully saturated rings. The monoisotopic (exact) mass is 311 g/mol. The molecular weight excluding hydrogens is 305 g/mol. The molecule has 0 aliphatic heterocycles. The first-order chi connectivity index (χ1) is 8.16. The fraction of sp³-hybridized carbons (Fsp3) is 0. The van der Waals surface area contributed by atoms with Crippen molar-refractivity contribution in [1.82, 2.24) is 9.97 Å². The van der Waals surface area contributed by atoms with Crippen molar-refractivity contribution in [2.75, 3.05) is 5.32 Å². The van der Waals surface area contributed by atoms with E-state index in [1.54, 1.807) is 18.2 Å². The van der Waals surface area contributed by atoms with Crippen LogP contribution in [0.4, 0.5) is 5.69 Å². The summed E-state index contributed by atoms with van der Waals surface area (Å²) in [5, 5.41) is 3.24. The van der Waals surface area contributed by atoms with E-state index in [2.05, 4.69) is 31.2 Å². The Morgan fingerprint density at radius 2 is 2.00 bits per heavy atom. The summed E-state index contributed by atoms with van der Waals surface area (Å²) in [6, 6.07) is 4.95. The topological polar surface area (TPSA) is 54.9 Å². The van der Waals surface area contributed by atoms with Crippen LogP contribution in [0.3, 0.4) is 0 Å². The smallest absolute Gasteiger partial charge is 0.255 e. The van der Waals surface area contributed by atoms with Gasteiger partial charge in [0.15, 0.2) is 0 Å². The van der Waals surface area contributed by atoms with Crippen LogP contribution in [0.15, 0.2) is 41.4 Å². The molecule has 0 saturated carbocycles. The zero-order valence-corrected chi connectivity index (χ0v) is 10.9. The number of hydrogen-bond acceptors (Lipinski definition) is 3. The van der Waals surface area contributed by atoms with Gasteiger partial charge in [-0.15, -0.1) is 0 Å². The van der Waals surface area contributed by atoms with Gasteiger partial charge in [0.1, 0.15) is 6.33 Å². The third-order valence-corrected chi connectivity index (χ3v) is 3.21. The zero-order valence-electron chi connectivity index (χ0n) is 8.52. The predicted molar refractivity (Wildman–Crippen MR) is 69.1 cm³/mol. The molecule has 2 aromatic rings. The number of benzene rings is 1. The van der Waals surface area contributed by atoms with Crippen molar-refractivity contribution in [3.63, 3.8) is 0 Å². The molecule has 1 amide bonds. The minimum Gasteiger partial charge on any atom is -0.319 e. The molecule has 0 bridgehead atoms. The number of nitrogens with one attached hydrogen (secondary N) is 1. The summed E-state index contributed by atoms with van der Waals surface area (Å²) >= 11 is 9.11. The highest BCUT2D eigenvalue weighted by Gasteiger charge is 2.08. The second kappa shape index (κ2) is 5.25. The first-order valence-corrected chi connectivity index (χ1v) is 5.85. The standard InChI is InChI=1S/C11H7BrClN3O/c12-9-3-7(1-2-10(9)13)11(17)16-8-4-14-6-15-5-8/h1-6H,(H,16,17). The van der Waals surface area contributed by atoms with Gasteiger partial charge in [0, 0.05) is 10.0 Å². The maximum absolute atomic E-state index is 11.8. The number of halogens is 2. The molecule has 1 heterocycles. The van der Waals surface area contributed by atoms with E-state index in [9.17, 15) is 4.79 Å². The third kappa shape index (κ3) is 3.01. The number of anilines is 1. The number of hydrogen-bond donors (Lipinski definition) is 1. The Morgan fingerprint density at radius 1 is 1.29 bits per heavy atom. The molecule has 1 N–H and O–H groups in total. The predicted octanol–water partition coefficient (Wildman–Crippen LogP) is 3.14. The van der Waals surface area contributed by atoms with E-state index in [1.165, 1.54) is 18.7 Å². The van der Waals surface area contributed by atoms with E-state index in [-0.39, 0.29) is 5.91 Å². The summed E-state index contributed by atoms with van der Waals surface area (Å²) in [6.45, 7) is 0. The fourth-order valence-corrected chi connectivity index (χ4v) is 1.70. The van der Waals surface area contributed by atoms with Gasteiger partial charge in [-0.05, 0) is 34.1 Å². The van der Waals surface area contributed by atoms with Gasteiger partial charge in [0.2, 0.25) is 0 Å². The lowest BCUT2D eigenvalue weighted by molar-refractivity contribution is 0.102. The van der Waals surface area contributed by atoms with Crippen LogP contribution in [-0.2, 0) is 0 Å². The molecule has 0 unspecified atom stereocenters. The maximum Gasteiger partial charge on any atom is 0.255 e. The SMILES string of the molecule is O=C(Nc1cncnc1)c1ccc(Cl)c(Br)c1. The minimum absolute atomic E-state index is 0.239.